The van der Waals surface area contributed by atoms with Crippen LogP contribution >= 0.6 is 11.8 Å². The van der Waals surface area contributed by atoms with Crippen LogP contribution in [0.15, 0.2) is 4.99 Å². The van der Waals surface area contributed by atoms with Crippen molar-refractivity contribution in [3.05, 3.63) is 0 Å². The lowest BCUT2D eigenvalue weighted by molar-refractivity contribution is -0.0649. The van der Waals surface area contributed by atoms with E-state index in [1.807, 2.05) is 0 Å². The van der Waals surface area contributed by atoms with E-state index in [4.69, 9.17) is 11.8 Å². The first-order valence-corrected chi connectivity index (χ1v) is 3.24. The van der Waals surface area contributed by atoms with Crippen LogP contribution in [0.3, 0.4) is 0 Å². The minimum Gasteiger partial charge on any atom is -0.268 e. The molecule has 0 aliphatic carbocycles. The van der Waals surface area contributed by atoms with E-state index in [2.05, 4.69) is 4.99 Å². The van der Waals surface area contributed by atoms with E-state index in [1.165, 1.54) is 6.92 Å². The molecule has 0 saturated carbocycles. The lowest BCUT2D eigenvalue weighted by Crippen LogP contribution is -2.33. The molecule has 2 nitrogen and oxygen atoms in total. The average molecular weight is 189 g/mol. The molecule has 0 amide bonds. The van der Waals surface area contributed by atoms with Crippen molar-refractivity contribution in [1.82, 2.24) is 4.42 Å². The lowest BCUT2D eigenvalue weighted by atomic mass is 10.5. The summed E-state index contributed by atoms with van der Waals surface area (Å²) in [5.74, 6) is -1.07. The topological polar surface area (TPSA) is 15.6 Å². The normalized spacial score (nSPS) is 13.5. The van der Waals surface area contributed by atoms with Crippen LogP contribution in [0.2, 0.25) is 0 Å². The number of hydrogen-bond donors (Lipinski definition) is 0. The summed E-state index contributed by atoms with van der Waals surface area (Å²) in [5, 5.41) is 0. The fourth-order valence-corrected chi connectivity index (χ4v) is 0.661. The molecule has 0 atom stereocenters. The highest BCUT2D eigenvalue weighted by Crippen LogP contribution is 2.20. The van der Waals surface area contributed by atoms with Gasteiger partial charge in [-0.3, -0.25) is 9.41 Å². The number of rotatable bonds is 1. The van der Waals surface area contributed by atoms with Gasteiger partial charge in [0.2, 0.25) is 5.84 Å². The van der Waals surface area contributed by atoms with Crippen molar-refractivity contribution in [3.8, 4) is 0 Å². The van der Waals surface area contributed by atoms with E-state index in [-0.39, 0.29) is 6.54 Å². The maximum atomic E-state index is 11.9. The highest BCUT2D eigenvalue weighted by Gasteiger charge is 2.38. The van der Waals surface area contributed by atoms with Gasteiger partial charge in [0.15, 0.2) is 0 Å². The third kappa shape index (κ3) is 3.46. The third-order valence-electron chi connectivity index (χ3n) is 0.853. The number of aliphatic imine (C=N–C) groups is 1. The van der Waals surface area contributed by atoms with Crippen molar-refractivity contribution in [3.63, 3.8) is 0 Å². The SMILES string of the molecule is CC/N=C(\N(C)Cl)C(F)(F)F. The molecule has 0 heterocycles. The van der Waals surface area contributed by atoms with Crippen LogP contribution in [-0.2, 0) is 0 Å². The molecule has 0 radical (unpaired) electrons. The number of amidine groups is 1. The summed E-state index contributed by atoms with van der Waals surface area (Å²) >= 11 is 5.09. The number of hydrogen-bond acceptors (Lipinski definition) is 1. The molecule has 0 saturated heterocycles. The Morgan fingerprint density at radius 2 is 2.00 bits per heavy atom. The van der Waals surface area contributed by atoms with Gasteiger partial charge in [0, 0.05) is 25.4 Å². The largest absolute Gasteiger partial charge is 0.450 e. The Balaban J connectivity index is 4.49. The minimum absolute atomic E-state index is 0.0614. The molecular weight excluding hydrogens is 181 g/mol. The van der Waals surface area contributed by atoms with Gasteiger partial charge in [-0.15, -0.1) is 0 Å². The van der Waals surface area contributed by atoms with Crippen LogP contribution in [0, 0.1) is 0 Å². The van der Waals surface area contributed by atoms with Gasteiger partial charge < -0.3 is 0 Å². The highest BCUT2D eigenvalue weighted by molar-refractivity contribution is 6.22. The molecule has 66 valence electrons. The fraction of sp³-hybridized carbons (Fsp3) is 0.800. The van der Waals surface area contributed by atoms with Gasteiger partial charge in [0.05, 0.1) is 0 Å². The quantitative estimate of drug-likeness (QED) is 0.349. The zero-order valence-electron chi connectivity index (χ0n) is 6.11. The Labute approximate surface area is 67.8 Å². The van der Waals surface area contributed by atoms with Crippen LogP contribution in [0.1, 0.15) is 6.92 Å². The maximum absolute atomic E-state index is 11.9. The standard InChI is InChI=1S/C5H8ClF3N2/c1-3-10-4(11(2)6)5(7,8)9/h3H2,1-2H3/b10-4-. The van der Waals surface area contributed by atoms with Crippen molar-refractivity contribution >= 4 is 17.6 Å². The van der Waals surface area contributed by atoms with Crippen molar-refractivity contribution in [2.24, 2.45) is 4.99 Å². The first kappa shape index (κ1) is 10.6. The van der Waals surface area contributed by atoms with E-state index < -0.39 is 12.0 Å². The van der Waals surface area contributed by atoms with E-state index in [1.54, 1.807) is 0 Å². The molecular formula is C5H8ClF3N2. The van der Waals surface area contributed by atoms with Gasteiger partial charge in [-0.2, -0.15) is 13.2 Å². The van der Waals surface area contributed by atoms with Crippen LogP contribution in [-0.4, -0.2) is 30.0 Å². The minimum atomic E-state index is -4.47. The molecule has 0 aromatic heterocycles. The lowest BCUT2D eigenvalue weighted by Gasteiger charge is -2.14. The number of alkyl halides is 3. The molecule has 0 unspecified atom stereocenters. The molecule has 0 aliphatic rings. The van der Waals surface area contributed by atoms with Gasteiger partial charge in [-0.1, -0.05) is 0 Å². The average Bonchev–Trinajstić information content (AvgIpc) is 1.79. The Morgan fingerprint density at radius 1 is 1.55 bits per heavy atom. The molecule has 0 N–H and O–H groups in total. The van der Waals surface area contributed by atoms with Crippen molar-refractivity contribution in [2.75, 3.05) is 13.6 Å². The molecule has 0 aromatic carbocycles. The second kappa shape index (κ2) is 3.80. The summed E-state index contributed by atoms with van der Waals surface area (Å²) in [6, 6.07) is 0. The highest BCUT2D eigenvalue weighted by atomic mass is 35.5. The monoisotopic (exact) mass is 188 g/mol. The van der Waals surface area contributed by atoms with Crippen molar-refractivity contribution in [1.29, 1.82) is 0 Å². The maximum Gasteiger partial charge on any atom is 0.450 e. The summed E-state index contributed by atoms with van der Waals surface area (Å²) in [6.07, 6.45) is -4.47. The fourth-order valence-electron chi connectivity index (χ4n) is 0.512. The van der Waals surface area contributed by atoms with Crippen LogP contribution < -0.4 is 0 Å². The second-order valence-electron chi connectivity index (χ2n) is 1.77. The van der Waals surface area contributed by atoms with Crippen molar-refractivity contribution in [2.45, 2.75) is 13.1 Å². The van der Waals surface area contributed by atoms with Gasteiger partial charge in [-0.05, 0) is 6.92 Å². The van der Waals surface area contributed by atoms with Gasteiger partial charge in [-0.25, -0.2) is 0 Å². The first-order valence-electron chi connectivity index (χ1n) is 2.90. The van der Waals surface area contributed by atoms with Gasteiger partial charge >= 0.3 is 6.18 Å². The summed E-state index contributed by atoms with van der Waals surface area (Å²) in [4.78, 5) is 3.18. The number of nitrogens with zero attached hydrogens (tertiary/aromatic N) is 2. The van der Waals surface area contributed by atoms with Crippen LogP contribution in [0.25, 0.3) is 0 Å². The summed E-state index contributed by atoms with van der Waals surface area (Å²) in [5.41, 5.74) is 0. The zero-order chi connectivity index (χ0) is 9.07. The summed E-state index contributed by atoms with van der Waals surface area (Å²) in [6.45, 7) is 1.57. The molecule has 0 fully saturated rings. The zero-order valence-corrected chi connectivity index (χ0v) is 6.87. The molecule has 0 rings (SSSR count). The van der Waals surface area contributed by atoms with E-state index in [0.29, 0.717) is 4.42 Å². The van der Waals surface area contributed by atoms with Gasteiger partial charge in [0.1, 0.15) is 0 Å². The van der Waals surface area contributed by atoms with E-state index in [0.717, 1.165) is 7.05 Å². The van der Waals surface area contributed by atoms with Crippen LogP contribution in [0.4, 0.5) is 13.2 Å². The molecule has 0 spiro atoms. The summed E-state index contributed by atoms with van der Waals surface area (Å²) in [7, 11) is 1.09. The molecule has 0 bridgehead atoms. The van der Waals surface area contributed by atoms with Crippen LogP contribution in [0.5, 0.6) is 0 Å². The van der Waals surface area contributed by atoms with E-state index >= 15 is 0 Å². The Kier molecular flexibility index (Phi) is 3.65. The molecule has 6 heteroatoms. The Hall–Kier alpha value is -0.450. The predicted molar refractivity (Wildman–Crippen MR) is 37.6 cm³/mol. The molecule has 0 aliphatic heterocycles. The van der Waals surface area contributed by atoms with Crippen molar-refractivity contribution < 1.29 is 13.2 Å². The molecule has 11 heavy (non-hydrogen) atoms. The third-order valence-corrected chi connectivity index (χ3v) is 1.01. The summed E-state index contributed by atoms with van der Waals surface area (Å²) < 4.78 is 36.1. The van der Waals surface area contributed by atoms with E-state index in [9.17, 15) is 13.2 Å². The first-order chi connectivity index (χ1) is 4.89. The number of halogens is 4. The Morgan fingerprint density at radius 3 is 2.09 bits per heavy atom. The van der Waals surface area contributed by atoms with Gasteiger partial charge in [0.25, 0.3) is 0 Å². The Bertz CT molecular complexity index is 152. The second-order valence-corrected chi connectivity index (χ2v) is 2.28. The predicted octanol–water partition coefficient (Wildman–Crippen LogP) is 2.05. The smallest absolute Gasteiger partial charge is 0.268 e. The molecule has 0 aromatic rings.